The van der Waals surface area contributed by atoms with Gasteiger partial charge in [-0.1, -0.05) is 0 Å². The van der Waals surface area contributed by atoms with E-state index in [-0.39, 0.29) is 0 Å². The molecule has 0 aliphatic carbocycles. The number of nitrogens with zero attached hydrogens (tertiary/aromatic N) is 1. The van der Waals surface area contributed by atoms with Crippen molar-refractivity contribution in [1.82, 2.24) is 4.98 Å². The molecule has 0 spiro atoms. The van der Waals surface area contributed by atoms with Crippen molar-refractivity contribution in [3.8, 4) is 11.6 Å². The number of ether oxygens (including phenoxy) is 2. The molecule has 0 unspecified atom stereocenters. The zero-order chi connectivity index (χ0) is 10.8. The molecule has 0 saturated carbocycles. The van der Waals surface area contributed by atoms with Crippen molar-refractivity contribution in [2.24, 2.45) is 0 Å². The minimum Gasteiger partial charge on any atom is -0.491 e. The first-order chi connectivity index (χ1) is 6.49. The third-order valence-corrected chi connectivity index (χ3v) is 1.87. The molecule has 4 nitrogen and oxygen atoms in total. The molecule has 0 fully saturated rings. The molecule has 1 heterocycles. The third kappa shape index (κ3) is 2.14. The molecule has 0 aliphatic rings. The van der Waals surface area contributed by atoms with E-state index >= 15 is 0 Å². The summed E-state index contributed by atoms with van der Waals surface area (Å²) in [5.74, 6) is 0.938. The maximum absolute atomic E-state index is 9.71. The minimum atomic E-state index is -0.973. The van der Waals surface area contributed by atoms with Crippen molar-refractivity contribution in [1.29, 1.82) is 0 Å². The van der Waals surface area contributed by atoms with E-state index in [1.165, 1.54) is 7.11 Å². The zero-order valence-corrected chi connectivity index (χ0v) is 8.87. The Morgan fingerprint density at radius 2 is 1.86 bits per heavy atom. The van der Waals surface area contributed by atoms with Gasteiger partial charge in [-0.15, -0.1) is 0 Å². The first kappa shape index (κ1) is 10.8. The lowest BCUT2D eigenvalue weighted by Gasteiger charge is -2.17. The lowest BCUT2D eigenvalue weighted by molar-refractivity contribution is 0.0730. The molecule has 0 radical (unpaired) electrons. The van der Waals surface area contributed by atoms with Crippen LogP contribution in [0.1, 0.15) is 19.5 Å². The van der Waals surface area contributed by atoms with E-state index in [4.69, 9.17) is 9.47 Å². The van der Waals surface area contributed by atoms with Crippen LogP contribution in [0.2, 0.25) is 0 Å². The summed E-state index contributed by atoms with van der Waals surface area (Å²) >= 11 is 0. The van der Waals surface area contributed by atoms with Gasteiger partial charge in [0.2, 0.25) is 0 Å². The molecule has 1 aromatic rings. The number of rotatable bonds is 3. The highest BCUT2D eigenvalue weighted by atomic mass is 16.5. The lowest BCUT2D eigenvalue weighted by Crippen LogP contribution is -2.17. The molecule has 0 aromatic carbocycles. The van der Waals surface area contributed by atoms with Crippen LogP contribution in [0, 0.1) is 0 Å². The fraction of sp³-hybridized carbons (Fsp3) is 0.500. The highest BCUT2D eigenvalue weighted by molar-refractivity contribution is 5.35. The Morgan fingerprint density at radius 3 is 2.29 bits per heavy atom. The average Bonchev–Trinajstić information content (AvgIpc) is 2.15. The number of aliphatic hydroxyl groups is 1. The molecule has 0 amide bonds. The van der Waals surface area contributed by atoms with Crippen molar-refractivity contribution in [3.05, 3.63) is 17.8 Å². The maximum atomic E-state index is 9.71. The molecule has 4 heteroatoms. The van der Waals surface area contributed by atoms with Gasteiger partial charge < -0.3 is 14.6 Å². The van der Waals surface area contributed by atoms with Crippen LogP contribution in [0.3, 0.4) is 0 Å². The van der Waals surface area contributed by atoms with Crippen LogP contribution in [0.5, 0.6) is 11.6 Å². The number of aromatic nitrogens is 1. The summed E-state index contributed by atoms with van der Waals surface area (Å²) < 4.78 is 10.1. The summed E-state index contributed by atoms with van der Waals surface area (Å²) in [4.78, 5) is 4.14. The summed E-state index contributed by atoms with van der Waals surface area (Å²) in [6.45, 7) is 3.34. The van der Waals surface area contributed by atoms with E-state index in [1.54, 1.807) is 33.1 Å². The van der Waals surface area contributed by atoms with Crippen LogP contribution in [-0.2, 0) is 5.60 Å². The van der Waals surface area contributed by atoms with Crippen LogP contribution in [0.4, 0.5) is 0 Å². The first-order valence-electron chi connectivity index (χ1n) is 4.31. The van der Waals surface area contributed by atoms with Gasteiger partial charge in [-0.25, -0.2) is 4.98 Å². The van der Waals surface area contributed by atoms with Gasteiger partial charge in [0.1, 0.15) is 5.60 Å². The monoisotopic (exact) mass is 197 g/mol. The van der Waals surface area contributed by atoms with Crippen molar-refractivity contribution in [3.63, 3.8) is 0 Å². The number of hydrogen-bond acceptors (Lipinski definition) is 4. The topological polar surface area (TPSA) is 51.6 Å². The smallest absolute Gasteiger partial charge is 0.257 e. The average molecular weight is 197 g/mol. The molecule has 0 aliphatic heterocycles. The van der Waals surface area contributed by atoms with Gasteiger partial charge in [-0.3, -0.25) is 0 Å². The Balaban J connectivity index is 3.14. The van der Waals surface area contributed by atoms with Crippen LogP contribution in [-0.4, -0.2) is 24.3 Å². The number of methoxy groups -OCH3 is 2. The summed E-state index contributed by atoms with van der Waals surface area (Å²) in [6.07, 6.45) is 0. The number of pyridine rings is 1. The van der Waals surface area contributed by atoms with Crippen molar-refractivity contribution in [2.45, 2.75) is 19.4 Å². The predicted molar refractivity (Wildman–Crippen MR) is 52.6 cm³/mol. The van der Waals surface area contributed by atoms with Crippen molar-refractivity contribution in [2.75, 3.05) is 14.2 Å². The molecule has 0 bridgehead atoms. The molecule has 1 rings (SSSR count). The van der Waals surface area contributed by atoms with Crippen LogP contribution in [0.15, 0.2) is 12.1 Å². The van der Waals surface area contributed by atoms with Gasteiger partial charge in [-0.2, -0.15) is 0 Å². The quantitative estimate of drug-likeness (QED) is 0.794. The Labute approximate surface area is 83.5 Å². The van der Waals surface area contributed by atoms with Crippen molar-refractivity contribution < 1.29 is 14.6 Å². The summed E-state index contributed by atoms with van der Waals surface area (Å²) in [5, 5.41) is 9.71. The normalized spacial score (nSPS) is 11.2. The van der Waals surface area contributed by atoms with Gasteiger partial charge in [0, 0.05) is 0 Å². The van der Waals surface area contributed by atoms with E-state index in [0.717, 1.165) is 0 Å². The number of hydrogen-bond donors (Lipinski definition) is 1. The van der Waals surface area contributed by atoms with Gasteiger partial charge in [-0.05, 0) is 26.0 Å². The molecule has 0 saturated heterocycles. The molecule has 0 atom stereocenters. The van der Waals surface area contributed by atoms with E-state index < -0.39 is 5.60 Å². The highest BCUT2D eigenvalue weighted by Crippen LogP contribution is 2.27. The Bertz CT molecular complexity index is 318. The first-order valence-corrected chi connectivity index (χ1v) is 4.31. The SMILES string of the molecule is COc1ccc(C(C)(C)O)nc1OC. The Hall–Kier alpha value is -1.29. The molecule has 78 valence electrons. The fourth-order valence-corrected chi connectivity index (χ4v) is 1.07. The predicted octanol–water partition coefficient (Wildman–Crippen LogP) is 1.33. The Morgan fingerprint density at radius 1 is 1.21 bits per heavy atom. The van der Waals surface area contributed by atoms with E-state index in [1.807, 2.05) is 0 Å². The third-order valence-electron chi connectivity index (χ3n) is 1.87. The minimum absolute atomic E-state index is 0.382. The zero-order valence-electron chi connectivity index (χ0n) is 8.87. The van der Waals surface area contributed by atoms with E-state index in [0.29, 0.717) is 17.3 Å². The standard InChI is InChI=1S/C10H15NO3/c1-10(2,12)8-6-5-7(13-3)9(11-8)14-4/h5-6,12H,1-4H3. The fourth-order valence-electron chi connectivity index (χ4n) is 1.07. The molecule has 14 heavy (non-hydrogen) atoms. The van der Waals surface area contributed by atoms with Crippen LogP contribution in [0.25, 0.3) is 0 Å². The molecular formula is C10H15NO3. The van der Waals surface area contributed by atoms with Gasteiger partial charge in [0.25, 0.3) is 5.88 Å². The van der Waals surface area contributed by atoms with Crippen LogP contribution >= 0.6 is 0 Å². The Kier molecular flexibility index (Phi) is 2.96. The maximum Gasteiger partial charge on any atom is 0.257 e. The lowest BCUT2D eigenvalue weighted by atomic mass is 10.1. The second-order valence-electron chi connectivity index (χ2n) is 3.47. The van der Waals surface area contributed by atoms with E-state index in [2.05, 4.69) is 4.98 Å². The van der Waals surface area contributed by atoms with Crippen LogP contribution < -0.4 is 9.47 Å². The largest absolute Gasteiger partial charge is 0.491 e. The summed E-state index contributed by atoms with van der Waals surface area (Å²) in [7, 11) is 3.06. The molecular weight excluding hydrogens is 182 g/mol. The molecule has 1 aromatic heterocycles. The second kappa shape index (κ2) is 3.84. The second-order valence-corrected chi connectivity index (χ2v) is 3.47. The van der Waals surface area contributed by atoms with E-state index in [9.17, 15) is 5.11 Å². The van der Waals surface area contributed by atoms with Crippen molar-refractivity contribution >= 4 is 0 Å². The summed E-state index contributed by atoms with van der Waals surface area (Å²) in [6, 6.07) is 3.43. The summed E-state index contributed by atoms with van der Waals surface area (Å²) in [5.41, 5.74) is -0.422. The van der Waals surface area contributed by atoms with Gasteiger partial charge in [0.15, 0.2) is 5.75 Å². The highest BCUT2D eigenvalue weighted by Gasteiger charge is 2.19. The van der Waals surface area contributed by atoms with Gasteiger partial charge >= 0.3 is 0 Å². The van der Waals surface area contributed by atoms with Gasteiger partial charge in [0.05, 0.1) is 19.9 Å². The molecule has 1 N–H and O–H groups in total.